The van der Waals surface area contributed by atoms with Crippen molar-refractivity contribution in [2.24, 2.45) is 0 Å². The van der Waals surface area contributed by atoms with Crippen molar-refractivity contribution in [1.29, 1.82) is 0 Å². The number of para-hydroxylation sites is 1. The minimum atomic E-state index is -0.287. The van der Waals surface area contributed by atoms with E-state index < -0.39 is 0 Å². The van der Waals surface area contributed by atoms with Crippen LogP contribution in [0.2, 0.25) is 0 Å². The first-order chi connectivity index (χ1) is 9.74. The van der Waals surface area contributed by atoms with E-state index in [-0.39, 0.29) is 5.82 Å². The van der Waals surface area contributed by atoms with Crippen LogP contribution in [0.5, 0.6) is 11.5 Å². The first-order valence-corrected chi connectivity index (χ1v) is 7.10. The molecule has 3 nitrogen and oxygen atoms in total. The Hall–Kier alpha value is -1.75. The highest BCUT2D eigenvalue weighted by atomic mass is 79.9. The fraction of sp³-hybridized carbons (Fsp3) is 0.200. The maximum Gasteiger partial charge on any atom is 0.166 e. The van der Waals surface area contributed by atoms with Gasteiger partial charge >= 0.3 is 0 Å². The Morgan fingerprint density at radius 1 is 1.15 bits per heavy atom. The Kier molecular flexibility index (Phi) is 3.78. The first kappa shape index (κ1) is 13.2. The van der Waals surface area contributed by atoms with Crippen LogP contribution in [0.1, 0.15) is 5.56 Å². The standard InChI is InChI=1S/C15H13BrFNO2/c16-12-5-4-11(8-13(12)17)18-9-10-2-1-3-14-15(10)20-7-6-19-14/h1-5,8,18H,6-7,9H2. The maximum absolute atomic E-state index is 13.4. The Morgan fingerprint density at radius 2 is 2.00 bits per heavy atom. The third-order valence-electron chi connectivity index (χ3n) is 3.05. The number of halogens is 2. The molecule has 0 fully saturated rings. The van der Waals surface area contributed by atoms with Crippen molar-refractivity contribution in [3.8, 4) is 11.5 Å². The number of nitrogens with one attached hydrogen (secondary N) is 1. The smallest absolute Gasteiger partial charge is 0.166 e. The van der Waals surface area contributed by atoms with E-state index in [0.29, 0.717) is 24.2 Å². The highest BCUT2D eigenvalue weighted by Gasteiger charge is 2.15. The molecule has 3 rings (SSSR count). The van der Waals surface area contributed by atoms with E-state index in [1.807, 2.05) is 24.3 Å². The lowest BCUT2D eigenvalue weighted by Crippen LogP contribution is -2.17. The fourth-order valence-electron chi connectivity index (χ4n) is 2.08. The zero-order valence-electron chi connectivity index (χ0n) is 10.7. The van der Waals surface area contributed by atoms with Crippen LogP contribution in [0.3, 0.4) is 0 Å². The van der Waals surface area contributed by atoms with E-state index in [0.717, 1.165) is 22.7 Å². The number of hydrogen-bond donors (Lipinski definition) is 1. The van der Waals surface area contributed by atoms with Crippen LogP contribution in [0.15, 0.2) is 40.9 Å². The third-order valence-corrected chi connectivity index (χ3v) is 3.69. The molecule has 5 heteroatoms. The minimum absolute atomic E-state index is 0.287. The van der Waals surface area contributed by atoms with Crippen LogP contribution >= 0.6 is 15.9 Å². The predicted octanol–water partition coefficient (Wildman–Crippen LogP) is 3.97. The zero-order chi connectivity index (χ0) is 13.9. The Balaban J connectivity index is 1.76. The van der Waals surface area contributed by atoms with Crippen LogP contribution in [0.4, 0.5) is 10.1 Å². The topological polar surface area (TPSA) is 30.5 Å². The summed E-state index contributed by atoms with van der Waals surface area (Å²) in [5.74, 6) is 1.24. The van der Waals surface area contributed by atoms with Gasteiger partial charge in [-0.25, -0.2) is 4.39 Å². The van der Waals surface area contributed by atoms with E-state index in [1.165, 1.54) is 6.07 Å². The van der Waals surface area contributed by atoms with Crippen LogP contribution in [0.25, 0.3) is 0 Å². The second-order valence-corrected chi connectivity index (χ2v) is 5.28. The Morgan fingerprint density at radius 3 is 2.85 bits per heavy atom. The molecule has 2 aromatic carbocycles. The van der Waals surface area contributed by atoms with E-state index in [9.17, 15) is 4.39 Å². The van der Waals surface area contributed by atoms with Crippen molar-refractivity contribution in [2.75, 3.05) is 18.5 Å². The SMILES string of the molecule is Fc1cc(NCc2cccc3c2OCCO3)ccc1Br. The van der Waals surface area contributed by atoms with Crippen LogP contribution < -0.4 is 14.8 Å². The molecule has 0 unspecified atom stereocenters. The molecule has 0 aromatic heterocycles. The van der Waals surface area contributed by atoms with Gasteiger partial charge in [0.05, 0.1) is 4.47 Å². The van der Waals surface area contributed by atoms with Gasteiger partial charge < -0.3 is 14.8 Å². The second kappa shape index (κ2) is 5.71. The number of benzene rings is 2. The Bertz CT molecular complexity index is 633. The monoisotopic (exact) mass is 337 g/mol. The summed E-state index contributed by atoms with van der Waals surface area (Å²) in [5, 5.41) is 3.18. The van der Waals surface area contributed by atoms with Crippen LogP contribution in [-0.4, -0.2) is 13.2 Å². The molecule has 0 aliphatic carbocycles. The summed E-state index contributed by atoms with van der Waals surface area (Å²) >= 11 is 3.14. The molecule has 20 heavy (non-hydrogen) atoms. The molecule has 2 aromatic rings. The first-order valence-electron chi connectivity index (χ1n) is 6.30. The lowest BCUT2D eigenvalue weighted by atomic mass is 10.1. The van der Waals surface area contributed by atoms with E-state index in [2.05, 4.69) is 21.2 Å². The molecule has 0 bridgehead atoms. The highest BCUT2D eigenvalue weighted by molar-refractivity contribution is 9.10. The number of anilines is 1. The molecule has 1 heterocycles. The number of ether oxygens (including phenoxy) is 2. The van der Waals surface area contributed by atoms with E-state index in [4.69, 9.17) is 9.47 Å². The largest absolute Gasteiger partial charge is 0.486 e. The summed E-state index contributed by atoms with van der Waals surface area (Å²) in [5.41, 5.74) is 1.71. The van der Waals surface area contributed by atoms with Gasteiger partial charge in [0.15, 0.2) is 11.5 Å². The second-order valence-electron chi connectivity index (χ2n) is 4.42. The molecular formula is C15H13BrFNO2. The summed E-state index contributed by atoms with van der Waals surface area (Å²) in [6.45, 7) is 1.67. The normalized spacial score (nSPS) is 13.1. The van der Waals surface area contributed by atoms with Crippen LogP contribution in [0, 0.1) is 5.82 Å². The lowest BCUT2D eigenvalue weighted by molar-refractivity contribution is 0.170. The van der Waals surface area contributed by atoms with Gasteiger partial charge in [-0.3, -0.25) is 0 Å². The van der Waals surface area contributed by atoms with Gasteiger partial charge in [-0.2, -0.15) is 0 Å². The van der Waals surface area contributed by atoms with Gasteiger partial charge in [0.25, 0.3) is 0 Å². The van der Waals surface area contributed by atoms with E-state index in [1.54, 1.807) is 6.07 Å². The van der Waals surface area contributed by atoms with Gasteiger partial charge in [-0.15, -0.1) is 0 Å². The maximum atomic E-state index is 13.4. The minimum Gasteiger partial charge on any atom is -0.486 e. The number of rotatable bonds is 3. The average molecular weight is 338 g/mol. The summed E-state index contributed by atoms with van der Waals surface area (Å²) < 4.78 is 25.1. The van der Waals surface area contributed by atoms with Crippen molar-refractivity contribution < 1.29 is 13.9 Å². The van der Waals surface area contributed by atoms with Crippen molar-refractivity contribution in [2.45, 2.75) is 6.54 Å². The molecule has 0 atom stereocenters. The highest BCUT2D eigenvalue weighted by Crippen LogP contribution is 2.34. The van der Waals surface area contributed by atoms with Crippen molar-refractivity contribution in [1.82, 2.24) is 0 Å². The quantitative estimate of drug-likeness (QED) is 0.919. The van der Waals surface area contributed by atoms with Gasteiger partial charge in [0.1, 0.15) is 19.0 Å². The third kappa shape index (κ3) is 2.72. The van der Waals surface area contributed by atoms with Crippen LogP contribution in [-0.2, 0) is 6.54 Å². The van der Waals surface area contributed by atoms with Gasteiger partial charge in [-0.05, 0) is 40.2 Å². The Labute approximate surface area is 124 Å². The summed E-state index contributed by atoms with van der Waals surface area (Å²) in [7, 11) is 0. The van der Waals surface area contributed by atoms with Gasteiger partial charge in [0.2, 0.25) is 0 Å². The summed E-state index contributed by atoms with van der Waals surface area (Å²) in [6, 6.07) is 10.7. The number of fused-ring (bicyclic) bond motifs is 1. The molecule has 1 aliphatic rings. The molecule has 0 amide bonds. The predicted molar refractivity (Wildman–Crippen MR) is 78.9 cm³/mol. The lowest BCUT2D eigenvalue weighted by Gasteiger charge is -2.21. The van der Waals surface area contributed by atoms with Crippen molar-refractivity contribution in [3.63, 3.8) is 0 Å². The molecule has 0 radical (unpaired) electrons. The summed E-state index contributed by atoms with van der Waals surface area (Å²) in [4.78, 5) is 0. The number of hydrogen-bond acceptors (Lipinski definition) is 3. The molecule has 0 saturated heterocycles. The molecule has 1 aliphatic heterocycles. The van der Waals surface area contributed by atoms with Gasteiger partial charge in [-0.1, -0.05) is 12.1 Å². The van der Waals surface area contributed by atoms with E-state index >= 15 is 0 Å². The molecule has 0 spiro atoms. The molecule has 104 valence electrons. The van der Waals surface area contributed by atoms with Crippen molar-refractivity contribution >= 4 is 21.6 Å². The van der Waals surface area contributed by atoms with Crippen molar-refractivity contribution in [3.05, 3.63) is 52.3 Å². The average Bonchev–Trinajstić information content (AvgIpc) is 2.48. The molecular weight excluding hydrogens is 325 g/mol. The fourth-order valence-corrected chi connectivity index (χ4v) is 2.32. The summed E-state index contributed by atoms with van der Waals surface area (Å²) in [6.07, 6.45) is 0. The zero-order valence-corrected chi connectivity index (χ0v) is 12.2. The molecule has 0 saturated carbocycles. The van der Waals surface area contributed by atoms with Gasteiger partial charge in [0, 0.05) is 17.8 Å². The molecule has 1 N–H and O–H groups in total.